The van der Waals surface area contributed by atoms with Crippen LogP contribution in [0.5, 0.6) is 0 Å². The predicted molar refractivity (Wildman–Crippen MR) is 87.5 cm³/mol. The van der Waals surface area contributed by atoms with Gasteiger partial charge in [-0.1, -0.05) is 23.8 Å². The van der Waals surface area contributed by atoms with E-state index in [2.05, 4.69) is 48.1 Å². The molecule has 0 bridgehead atoms. The molecule has 0 fully saturated rings. The molecule has 4 heteroatoms. The number of imidazole rings is 1. The van der Waals surface area contributed by atoms with Gasteiger partial charge >= 0.3 is 0 Å². The first-order valence-corrected chi connectivity index (χ1v) is 7.48. The Hall–Kier alpha value is -1.65. The number of hydrogen-bond donors (Lipinski definition) is 1. The Morgan fingerprint density at radius 2 is 2.14 bits per heavy atom. The van der Waals surface area contributed by atoms with E-state index < -0.39 is 0 Å². The molecule has 2 aromatic rings. The van der Waals surface area contributed by atoms with Crippen molar-refractivity contribution >= 4 is 11.0 Å². The summed E-state index contributed by atoms with van der Waals surface area (Å²) in [5, 5.41) is 3.35. The topological polar surface area (TPSA) is 39.1 Å². The minimum atomic E-state index is 0.766. The van der Waals surface area contributed by atoms with Crippen molar-refractivity contribution in [1.82, 2.24) is 14.9 Å². The van der Waals surface area contributed by atoms with Crippen LogP contribution in [0.15, 0.2) is 35.9 Å². The predicted octanol–water partition coefficient (Wildman–Crippen LogP) is 2.69. The number of para-hydroxylation sites is 2. The number of benzene rings is 1. The molecule has 0 saturated heterocycles. The summed E-state index contributed by atoms with van der Waals surface area (Å²) in [5.74, 6) is 1.12. The Kier molecular flexibility index (Phi) is 5.96. The summed E-state index contributed by atoms with van der Waals surface area (Å²) >= 11 is 0. The molecule has 1 heterocycles. The normalized spacial score (nSPS) is 12.2. The fourth-order valence-corrected chi connectivity index (χ4v) is 2.39. The largest absolute Gasteiger partial charge is 0.383 e. The van der Waals surface area contributed by atoms with Gasteiger partial charge in [0.15, 0.2) is 0 Å². The van der Waals surface area contributed by atoms with Gasteiger partial charge in [-0.25, -0.2) is 4.98 Å². The summed E-state index contributed by atoms with van der Waals surface area (Å²) in [5.41, 5.74) is 3.63. The Morgan fingerprint density at radius 3 is 2.90 bits per heavy atom. The number of aryl methyl sites for hydroxylation is 1. The summed E-state index contributed by atoms with van der Waals surface area (Å²) in [4.78, 5) is 4.71. The van der Waals surface area contributed by atoms with E-state index in [1.54, 1.807) is 7.11 Å². The third-order valence-electron chi connectivity index (χ3n) is 3.61. The molecule has 0 radical (unpaired) electrons. The van der Waals surface area contributed by atoms with Crippen LogP contribution in [0.2, 0.25) is 0 Å². The van der Waals surface area contributed by atoms with E-state index in [-0.39, 0.29) is 0 Å². The third kappa shape index (κ3) is 4.41. The zero-order chi connectivity index (χ0) is 15.1. The van der Waals surface area contributed by atoms with E-state index in [0.717, 1.165) is 43.9 Å². The molecular weight excluding hydrogens is 262 g/mol. The Labute approximate surface area is 126 Å². The number of allylic oxidation sites excluding steroid dienone is 1. The second kappa shape index (κ2) is 7.96. The molecule has 21 heavy (non-hydrogen) atoms. The summed E-state index contributed by atoms with van der Waals surface area (Å²) < 4.78 is 7.19. The van der Waals surface area contributed by atoms with Crippen LogP contribution in [0.1, 0.15) is 19.2 Å². The van der Waals surface area contributed by atoms with Gasteiger partial charge in [0.1, 0.15) is 5.82 Å². The lowest BCUT2D eigenvalue weighted by Gasteiger charge is -2.04. The summed E-state index contributed by atoms with van der Waals surface area (Å²) in [7, 11) is 3.81. The molecule has 0 unspecified atom stereocenters. The zero-order valence-electron chi connectivity index (χ0n) is 13.2. The molecule has 1 aromatic carbocycles. The van der Waals surface area contributed by atoms with E-state index >= 15 is 0 Å². The number of ether oxygens (including phenoxy) is 1. The maximum Gasteiger partial charge on any atom is 0.113 e. The zero-order valence-corrected chi connectivity index (χ0v) is 13.2. The maximum atomic E-state index is 5.00. The van der Waals surface area contributed by atoms with E-state index in [4.69, 9.17) is 9.72 Å². The van der Waals surface area contributed by atoms with Crippen LogP contribution in [-0.4, -0.2) is 36.4 Å². The lowest BCUT2D eigenvalue weighted by molar-refractivity contribution is 0.199. The average molecular weight is 287 g/mol. The molecule has 0 spiro atoms. The number of hydrogen-bond acceptors (Lipinski definition) is 3. The van der Waals surface area contributed by atoms with Crippen LogP contribution >= 0.6 is 0 Å². The van der Waals surface area contributed by atoms with Crippen LogP contribution in [0.4, 0.5) is 0 Å². The summed E-state index contributed by atoms with van der Waals surface area (Å²) in [6.45, 7) is 4.84. The second-order valence-electron chi connectivity index (χ2n) is 5.33. The average Bonchev–Trinajstić information content (AvgIpc) is 2.80. The highest BCUT2D eigenvalue weighted by atomic mass is 16.5. The van der Waals surface area contributed by atoms with Crippen molar-refractivity contribution < 1.29 is 4.74 Å². The standard InChI is InChI=1S/C17H25N3O/c1-14(7-6-10-18-11-12-21-3)13-17-19-15-8-4-5-9-16(15)20(17)2/h4-5,7-9,18H,6,10-13H2,1-3H3. The fourth-order valence-electron chi connectivity index (χ4n) is 2.39. The van der Waals surface area contributed by atoms with Crippen molar-refractivity contribution in [3.63, 3.8) is 0 Å². The number of aromatic nitrogens is 2. The smallest absolute Gasteiger partial charge is 0.113 e. The van der Waals surface area contributed by atoms with E-state index in [9.17, 15) is 0 Å². The van der Waals surface area contributed by atoms with Gasteiger partial charge in [0.05, 0.1) is 17.6 Å². The van der Waals surface area contributed by atoms with Gasteiger partial charge in [0.25, 0.3) is 0 Å². The monoisotopic (exact) mass is 287 g/mol. The Bertz CT molecular complexity index is 601. The van der Waals surface area contributed by atoms with Crippen molar-refractivity contribution in [3.8, 4) is 0 Å². The number of nitrogens with one attached hydrogen (secondary N) is 1. The lowest BCUT2D eigenvalue weighted by Crippen LogP contribution is -2.19. The number of rotatable bonds is 8. The van der Waals surface area contributed by atoms with Gasteiger partial charge in [0, 0.05) is 27.1 Å². The first-order chi connectivity index (χ1) is 10.2. The van der Waals surface area contributed by atoms with Crippen molar-refractivity contribution in [3.05, 3.63) is 41.7 Å². The van der Waals surface area contributed by atoms with Crippen LogP contribution in [0.3, 0.4) is 0 Å². The minimum Gasteiger partial charge on any atom is -0.383 e. The lowest BCUT2D eigenvalue weighted by atomic mass is 10.1. The number of nitrogens with zero attached hydrogens (tertiary/aromatic N) is 2. The Morgan fingerprint density at radius 1 is 1.33 bits per heavy atom. The molecule has 114 valence electrons. The first-order valence-electron chi connectivity index (χ1n) is 7.48. The summed E-state index contributed by atoms with van der Waals surface area (Å²) in [6.07, 6.45) is 4.24. The molecule has 1 aromatic heterocycles. The first kappa shape index (κ1) is 15.7. The fraction of sp³-hybridized carbons (Fsp3) is 0.471. The maximum absolute atomic E-state index is 5.00. The van der Waals surface area contributed by atoms with Gasteiger partial charge in [-0.15, -0.1) is 0 Å². The van der Waals surface area contributed by atoms with Gasteiger partial charge in [-0.2, -0.15) is 0 Å². The molecule has 2 rings (SSSR count). The van der Waals surface area contributed by atoms with Gasteiger partial charge < -0.3 is 14.6 Å². The second-order valence-corrected chi connectivity index (χ2v) is 5.33. The molecule has 0 atom stereocenters. The quantitative estimate of drug-likeness (QED) is 0.599. The highest BCUT2D eigenvalue weighted by Crippen LogP contribution is 2.16. The van der Waals surface area contributed by atoms with Crippen molar-refractivity contribution in [1.29, 1.82) is 0 Å². The van der Waals surface area contributed by atoms with E-state index in [0.29, 0.717) is 0 Å². The van der Waals surface area contributed by atoms with Gasteiger partial charge in [-0.05, 0) is 32.0 Å². The molecular formula is C17H25N3O. The minimum absolute atomic E-state index is 0.766. The van der Waals surface area contributed by atoms with Crippen molar-refractivity contribution in [2.75, 3.05) is 26.8 Å². The highest BCUT2D eigenvalue weighted by Gasteiger charge is 2.06. The van der Waals surface area contributed by atoms with Crippen LogP contribution < -0.4 is 5.32 Å². The van der Waals surface area contributed by atoms with E-state index in [1.807, 2.05) is 6.07 Å². The third-order valence-corrected chi connectivity index (χ3v) is 3.61. The molecule has 1 N–H and O–H groups in total. The number of fused-ring (bicyclic) bond motifs is 1. The molecule has 0 saturated carbocycles. The van der Waals surface area contributed by atoms with E-state index in [1.165, 1.54) is 11.1 Å². The number of methoxy groups -OCH3 is 1. The Balaban J connectivity index is 1.89. The van der Waals surface area contributed by atoms with Crippen LogP contribution in [0, 0.1) is 0 Å². The highest BCUT2D eigenvalue weighted by molar-refractivity contribution is 5.75. The van der Waals surface area contributed by atoms with Crippen LogP contribution in [0.25, 0.3) is 11.0 Å². The molecule has 4 nitrogen and oxygen atoms in total. The van der Waals surface area contributed by atoms with Gasteiger partial charge in [-0.3, -0.25) is 0 Å². The molecule has 0 aliphatic heterocycles. The van der Waals surface area contributed by atoms with Gasteiger partial charge in [0.2, 0.25) is 0 Å². The van der Waals surface area contributed by atoms with Crippen molar-refractivity contribution in [2.45, 2.75) is 19.8 Å². The van der Waals surface area contributed by atoms with Crippen LogP contribution in [-0.2, 0) is 18.2 Å². The molecule has 0 amide bonds. The summed E-state index contributed by atoms with van der Waals surface area (Å²) in [6, 6.07) is 8.28. The van der Waals surface area contributed by atoms with Crippen molar-refractivity contribution in [2.24, 2.45) is 7.05 Å². The molecule has 0 aliphatic carbocycles. The molecule has 0 aliphatic rings. The SMILES string of the molecule is COCCNCCC=C(C)Cc1nc2ccccc2n1C.